The minimum atomic E-state index is -1.60. The number of aliphatic hydroxyl groups is 3. The van der Waals surface area contributed by atoms with Crippen LogP contribution in [0.5, 0.6) is 0 Å². The van der Waals surface area contributed by atoms with Crippen molar-refractivity contribution in [3.8, 4) is 0 Å². The van der Waals surface area contributed by atoms with E-state index < -0.39 is 23.2 Å². The zero-order valence-corrected chi connectivity index (χ0v) is 20.9. The maximum Gasteiger partial charge on any atom is 0.165 e. The van der Waals surface area contributed by atoms with Crippen LogP contribution in [0.4, 0.5) is 0 Å². The zero-order valence-electron chi connectivity index (χ0n) is 20.9. The Morgan fingerprint density at radius 2 is 1.81 bits per heavy atom. The molecule has 0 aromatic carbocycles. The highest BCUT2D eigenvalue weighted by Crippen LogP contribution is 2.68. The number of ketones is 1. The fraction of sp³-hybridized carbons (Fsp3) is 0.893. The van der Waals surface area contributed by atoms with Crippen LogP contribution in [0.1, 0.15) is 92.4 Å². The largest absolute Gasteiger partial charge is 0.393 e. The van der Waals surface area contributed by atoms with Gasteiger partial charge in [-0.25, -0.2) is 0 Å². The molecule has 0 aromatic heterocycles. The summed E-state index contributed by atoms with van der Waals surface area (Å²) in [5.41, 5.74) is -0.877. The molecule has 182 valence electrons. The Morgan fingerprint density at radius 1 is 1.12 bits per heavy atom. The van der Waals surface area contributed by atoms with E-state index in [1.54, 1.807) is 0 Å². The predicted molar refractivity (Wildman–Crippen MR) is 127 cm³/mol. The zero-order chi connectivity index (χ0) is 23.6. The van der Waals surface area contributed by atoms with Crippen LogP contribution in [0.2, 0.25) is 0 Å². The van der Waals surface area contributed by atoms with E-state index in [-0.39, 0.29) is 35.9 Å². The van der Waals surface area contributed by atoms with E-state index in [4.69, 9.17) is 0 Å². The standard InChI is InChI=1S/C28H46O4/c1-16(2)17(3)7-8-18(4)21-9-10-22-20-14-25(31)28(32)15-19(29)13-24(30)27(28,6)23(20)11-12-26(21,22)5/h16,18-24,29-30,32H,3,7-15H2,1-2,4-6H3/t18-,19+,20+,21-,22+,23+,24+,26-,27+,28-/m1/s1. The SMILES string of the molecule is C=C(CC[C@@H](C)[C@H]1CC[C@H]2[C@@H]3CC(=O)[C@]4(O)C[C@@H](O)C[C@H](O)[C@]4(C)[C@H]3CC[C@]12C)C(C)C. The molecule has 0 bridgehead atoms. The second kappa shape index (κ2) is 8.20. The van der Waals surface area contributed by atoms with E-state index in [9.17, 15) is 20.1 Å². The third kappa shape index (κ3) is 3.38. The second-order valence-electron chi connectivity index (χ2n) is 12.8. The summed E-state index contributed by atoms with van der Waals surface area (Å²) in [6.07, 6.45) is 5.81. The van der Waals surface area contributed by atoms with Gasteiger partial charge in [-0.3, -0.25) is 4.79 Å². The molecule has 0 heterocycles. The molecule has 4 nitrogen and oxygen atoms in total. The molecular formula is C28H46O4. The third-order valence-corrected chi connectivity index (χ3v) is 11.2. The van der Waals surface area contributed by atoms with Crippen LogP contribution in [0.3, 0.4) is 0 Å². The van der Waals surface area contributed by atoms with Gasteiger partial charge in [0.2, 0.25) is 0 Å². The molecule has 0 amide bonds. The maximum absolute atomic E-state index is 13.4. The van der Waals surface area contributed by atoms with Gasteiger partial charge in [-0.1, -0.05) is 46.8 Å². The first kappa shape index (κ1) is 24.4. The Balaban J connectivity index is 1.57. The summed E-state index contributed by atoms with van der Waals surface area (Å²) in [6.45, 7) is 15.5. The van der Waals surface area contributed by atoms with Crippen molar-refractivity contribution in [2.75, 3.05) is 0 Å². The lowest BCUT2D eigenvalue weighted by molar-refractivity contribution is -0.245. The molecule has 0 aromatic rings. The molecule has 4 fully saturated rings. The molecule has 0 unspecified atom stereocenters. The van der Waals surface area contributed by atoms with Crippen LogP contribution in [0, 0.1) is 46.3 Å². The average Bonchev–Trinajstić information content (AvgIpc) is 3.06. The van der Waals surface area contributed by atoms with Gasteiger partial charge in [0.25, 0.3) is 0 Å². The lowest BCUT2D eigenvalue weighted by Gasteiger charge is -2.64. The Hall–Kier alpha value is -0.710. The summed E-state index contributed by atoms with van der Waals surface area (Å²) in [7, 11) is 0. The van der Waals surface area contributed by atoms with Crippen LogP contribution in [-0.2, 0) is 4.79 Å². The quantitative estimate of drug-likeness (QED) is 0.525. The molecule has 10 atom stereocenters. The van der Waals surface area contributed by atoms with Crippen molar-refractivity contribution in [2.45, 2.75) is 110 Å². The number of aliphatic hydroxyl groups excluding tert-OH is 2. The number of rotatable bonds is 5. The minimum absolute atomic E-state index is 0.0734. The molecule has 4 rings (SSSR count). The van der Waals surface area contributed by atoms with E-state index in [1.165, 1.54) is 18.4 Å². The first-order valence-electron chi connectivity index (χ1n) is 13.2. The molecule has 4 aliphatic rings. The van der Waals surface area contributed by atoms with Crippen molar-refractivity contribution in [1.29, 1.82) is 0 Å². The Kier molecular flexibility index (Phi) is 6.26. The monoisotopic (exact) mass is 446 g/mol. The highest BCUT2D eigenvalue weighted by atomic mass is 16.3. The smallest absolute Gasteiger partial charge is 0.165 e. The summed E-state index contributed by atoms with van der Waals surface area (Å²) in [6, 6.07) is 0. The van der Waals surface area contributed by atoms with Gasteiger partial charge in [-0.15, -0.1) is 0 Å². The molecule has 3 N–H and O–H groups in total. The molecule has 4 heteroatoms. The van der Waals surface area contributed by atoms with Gasteiger partial charge in [-0.05, 0) is 79.4 Å². The Labute approximate surface area is 194 Å². The van der Waals surface area contributed by atoms with Gasteiger partial charge in [0.05, 0.1) is 12.2 Å². The fourth-order valence-electron chi connectivity index (χ4n) is 8.97. The summed E-state index contributed by atoms with van der Waals surface area (Å²) in [5.74, 6) is 2.55. The second-order valence-corrected chi connectivity index (χ2v) is 12.8. The van der Waals surface area contributed by atoms with Crippen molar-refractivity contribution >= 4 is 5.78 Å². The van der Waals surface area contributed by atoms with E-state index >= 15 is 0 Å². The van der Waals surface area contributed by atoms with Crippen LogP contribution in [0.15, 0.2) is 12.2 Å². The first-order valence-corrected chi connectivity index (χ1v) is 13.2. The minimum Gasteiger partial charge on any atom is -0.393 e. The fourth-order valence-corrected chi connectivity index (χ4v) is 8.97. The van der Waals surface area contributed by atoms with Crippen molar-refractivity contribution < 1.29 is 20.1 Å². The average molecular weight is 447 g/mol. The number of fused-ring (bicyclic) bond motifs is 5. The predicted octanol–water partition coefficient (Wildman–Crippen LogP) is 4.90. The van der Waals surface area contributed by atoms with Crippen LogP contribution < -0.4 is 0 Å². The number of allylic oxidation sites excluding steroid dienone is 1. The van der Waals surface area contributed by atoms with Crippen molar-refractivity contribution in [2.24, 2.45) is 46.3 Å². The highest BCUT2D eigenvalue weighted by molar-refractivity contribution is 5.90. The lowest BCUT2D eigenvalue weighted by Crippen LogP contribution is -2.71. The first-order chi connectivity index (χ1) is 14.9. The molecule has 4 aliphatic carbocycles. The van der Waals surface area contributed by atoms with Crippen LogP contribution >= 0.6 is 0 Å². The summed E-state index contributed by atoms with van der Waals surface area (Å²) in [5, 5.41) is 32.9. The summed E-state index contributed by atoms with van der Waals surface area (Å²) >= 11 is 0. The molecule has 0 saturated heterocycles. The van der Waals surface area contributed by atoms with Crippen molar-refractivity contribution in [3.05, 3.63) is 12.2 Å². The van der Waals surface area contributed by atoms with Gasteiger partial charge >= 0.3 is 0 Å². The number of carbonyl (C=O) groups excluding carboxylic acids is 1. The van der Waals surface area contributed by atoms with Crippen LogP contribution in [0.25, 0.3) is 0 Å². The number of Topliss-reactive ketones (excluding diaryl/α,β-unsaturated/α-hetero) is 1. The normalized spacial score (nSPS) is 49.3. The van der Waals surface area contributed by atoms with Gasteiger partial charge in [0.1, 0.15) is 5.60 Å². The Bertz CT molecular complexity index is 761. The van der Waals surface area contributed by atoms with Crippen LogP contribution in [-0.4, -0.2) is 38.9 Å². The van der Waals surface area contributed by atoms with Gasteiger partial charge in [0.15, 0.2) is 5.78 Å². The molecular weight excluding hydrogens is 400 g/mol. The van der Waals surface area contributed by atoms with Gasteiger partial charge < -0.3 is 15.3 Å². The van der Waals surface area contributed by atoms with E-state index in [0.717, 1.165) is 25.7 Å². The number of carbonyl (C=O) groups is 1. The summed E-state index contributed by atoms with van der Waals surface area (Å²) in [4.78, 5) is 13.4. The maximum atomic E-state index is 13.4. The van der Waals surface area contributed by atoms with E-state index in [2.05, 4.69) is 34.3 Å². The highest BCUT2D eigenvalue weighted by Gasteiger charge is 2.70. The van der Waals surface area contributed by atoms with Gasteiger partial charge in [-0.2, -0.15) is 0 Å². The van der Waals surface area contributed by atoms with Crippen molar-refractivity contribution in [3.63, 3.8) is 0 Å². The third-order valence-electron chi connectivity index (χ3n) is 11.2. The van der Waals surface area contributed by atoms with E-state index in [1.807, 2.05) is 6.92 Å². The molecule has 0 aliphatic heterocycles. The lowest BCUT2D eigenvalue weighted by atomic mass is 9.42. The number of hydrogen-bond donors (Lipinski definition) is 3. The molecule has 0 radical (unpaired) electrons. The molecule has 4 saturated carbocycles. The Morgan fingerprint density at radius 3 is 2.47 bits per heavy atom. The topological polar surface area (TPSA) is 77.8 Å². The number of hydrogen-bond acceptors (Lipinski definition) is 4. The van der Waals surface area contributed by atoms with Gasteiger partial charge in [0, 0.05) is 24.7 Å². The summed E-state index contributed by atoms with van der Waals surface area (Å²) < 4.78 is 0. The molecule has 0 spiro atoms. The molecule has 32 heavy (non-hydrogen) atoms. The van der Waals surface area contributed by atoms with E-state index in [0.29, 0.717) is 30.1 Å². The van der Waals surface area contributed by atoms with Crippen molar-refractivity contribution in [1.82, 2.24) is 0 Å².